The molecule has 118 valence electrons. The zero-order valence-electron chi connectivity index (χ0n) is 12.1. The number of aliphatic hydroxyl groups excluding tert-OH is 1. The average Bonchev–Trinajstić information content (AvgIpc) is 2.43. The number of rotatable bonds is 7. The van der Waals surface area contributed by atoms with Crippen LogP contribution < -0.4 is 4.74 Å². The Morgan fingerprint density at radius 1 is 1.38 bits per heavy atom. The Balaban J connectivity index is 3.39. The van der Waals surface area contributed by atoms with Gasteiger partial charge in [-0.2, -0.15) is 4.31 Å². The van der Waals surface area contributed by atoms with Gasteiger partial charge in [-0.15, -0.1) is 0 Å². The molecule has 0 atom stereocenters. The van der Waals surface area contributed by atoms with Crippen molar-refractivity contribution in [3.63, 3.8) is 0 Å². The van der Waals surface area contributed by atoms with Crippen molar-refractivity contribution in [1.29, 1.82) is 0 Å². The van der Waals surface area contributed by atoms with E-state index >= 15 is 0 Å². The fraction of sp³-hybridized carbons (Fsp3) is 0.462. The molecule has 0 heterocycles. The summed E-state index contributed by atoms with van der Waals surface area (Å²) < 4.78 is 31.4. The normalized spacial score (nSPS) is 11.9. The second-order valence-corrected chi connectivity index (χ2v) is 6.46. The van der Waals surface area contributed by atoms with Crippen molar-refractivity contribution in [2.24, 2.45) is 0 Å². The Morgan fingerprint density at radius 2 is 2.00 bits per heavy atom. The van der Waals surface area contributed by atoms with Crippen LogP contribution in [0.1, 0.15) is 24.2 Å². The van der Waals surface area contributed by atoms with E-state index in [1.54, 1.807) is 13.8 Å². The van der Waals surface area contributed by atoms with E-state index in [-0.39, 0.29) is 35.4 Å². The Labute approximate surface area is 123 Å². The van der Waals surface area contributed by atoms with E-state index in [4.69, 9.17) is 14.9 Å². The second-order valence-electron chi connectivity index (χ2n) is 4.60. The monoisotopic (exact) mass is 317 g/mol. The number of hydrogen-bond acceptors (Lipinski definition) is 5. The summed E-state index contributed by atoms with van der Waals surface area (Å²) in [4.78, 5) is 10.8. The van der Waals surface area contributed by atoms with E-state index in [2.05, 4.69) is 0 Å². The molecule has 0 saturated heterocycles. The fourth-order valence-electron chi connectivity index (χ4n) is 1.89. The van der Waals surface area contributed by atoms with Crippen molar-refractivity contribution in [2.75, 3.05) is 20.3 Å². The number of nitrogens with zero attached hydrogens (tertiary/aromatic N) is 1. The Hall–Kier alpha value is -1.64. The lowest BCUT2D eigenvalue weighted by molar-refractivity contribution is 0.0696. The first-order valence-electron chi connectivity index (χ1n) is 6.29. The van der Waals surface area contributed by atoms with Gasteiger partial charge in [0.2, 0.25) is 10.0 Å². The first-order chi connectivity index (χ1) is 9.75. The summed E-state index contributed by atoms with van der Waals surface area (Å²) in [6.45, 7) is 3.01. The summed E-state index contributed by atoms with van der Waals surface area (Å²) in [6, 6.07) is 3.21. The number of methoxy groups -OCH3 is 1. The van der Waals surface area contributed by atoms with Gasteiger partial charge in [0, 0.05) is 12.6 Å². The first-order valence-corrected chi connectivity index (χ1v) is 7.73. The van der Waals surface area contributed by atoms with Crippen LogP contribution in [0.15, 0.2) is 23.1 Å². The maximum absolute atomic E-state index is 12.6. The molecule has 0 aromatic heterocycles. The molecule has 0 fully saturated rings. The molecule has 0 aliphatic heterocycles. The quantitative estimate of drug-likeness (QED) is 0.770. The molecule has 1 aromatic rings. The van der Waals surface area contributed by atoms with Gasteiger partial charge in [-0.1, -0.05) is 0 Å². The van der Waals surface area contributed by atoms with Gasteiger partial charge < -0.3 is 14.9 Å². The van der Waals surface area contributed by atoms with Gasteiger partial charge in [0.25, 0.3) is 0 Å². The maximum Gasteiger partial charge on any atom is 0.335 e. The third-order valence-electron chi connectivity index (χ3n) is 2.89. The van der Waals surface area contributed by atoms with Gasteiger partial charge in [-0.05, 0) is 32.0 Å². The Bertz CT molecular complexity index is 611. The molecule has 0 unspecified atom stereocenters. The lowest BCUT2D eigenvalue weighted by Crippen LogP contribution is -2.39. The molecule has 0 saturated carbocycles. The van der Waals surface area contributed by atoms with Crippen molar-refractivity contribution in [2.45, 2.75) is 24.8 Å². The lowest BCUT2D eigenvalue weighted by Gasteiger charge is -2.25. The van der Waals surface area contributed by atoms with Gasteiger partial charge in [0.1, 0.15) is 10.6 Å². The molecule has 0 aliphatic rings. The van der Waals surface area contributed by atoms with E-state index < -0.39 is 16.0 Å². The smallest absolute Gasteiger partial charge is 0.335 e. The molecular weight excluding hydrogens is 298 g/mol. The van der Waals surface area contributed by atoms with E-state index in [1.807, 2.05) is 0 Å². The summed E-state index contributed by atoms with van der Waals surface area (Å²) in [6.07, 6.45) is 0. The summed E-state index contributed by atoms with van der Waals surface area (Å²) in [7, 11) is -2.62. The molecule has 7 nitrogen and oxygen atoms in total. The number of sulfonamides is 1. The largest absolute Gasteiger partial charge is 0.495 e. The van der Waals surface area contributed by atoms with E-state index in [0.717, 1.165) is 10.4 Å². The van der Waals surface area contributed by atoms with Crippen molar-refractivity contribution in [3.8, 4) is 5.75 Å². The third-order valence-corrected chi connectivity index (χ3v) is 5.01. The highest BCUT2D eigenvalue weighted by atomic mass is 32.2. The van der Waals surface area contributed by atoms with E-state index in [0.29, 0.717) is 0 Å². The highest BCUT2D eigenvalue weighted by Crippen LogP contribution is 2.28. The summed E-state index contributed by atoms with van der Waals surface area (Å²) in [5, 5.41) is 18.0. The number of carbonyl (C=O) groups is 1. The second kappa shape index (κ2) is 6.88. The first kappa shape index (κ1) is 17.4. The summed E-state index contributed by atoms with van der Waals surface area (Å²) in [5.74, 6) is -1.22. The van der Waals surface area contributed by atoms with Crippen LogP contribution >= 0.6 is 0 Å². The van der Waals surface area contributed by atoms with Crippen LogP contribution in [-0.4, -0.2) is 55.2 Å². The van der Waals surface area contributed by atoms with Gasteiger partial charge in [0.15, 0.2) is 0 Å². The van der Waals surface area contributed by atoms with Gasteiger partial charge in [-0.3, -0.25) is 0 Å². The predicted molar refractivity (Wildman–Crippen MR) is 76.1 cm³/mol. The van der Waals surface area contributed by atoms with Crippen molar-refractivity contribution >= 4 is 16.0 Å². The van der Waals surface area contributed by atoms with Gasteiger partial charge >= 0.3 is 5.97 Å². The molecule has 0 radical (unpaired) electrons. The average molecular weight is 317 g/mol. The Kier molecular flexibility index (Phi) is 5.70. The molecular formula is C13H19NO6S. The van der Waals surface area contributed by atoms with Crippen molar-refractivity contribution < 1.29 is 28.2 Å². The minimum atomic E-state index is -3.89. The molecule has 21 heavy (non-hydrogen) atoms. The number of aliphatic hydroxyl groups is 1. The minimum Gasteiger partial charge on any atom is -0.495 e. The molecule has 0 amide bonds. The van der Waals surface area contributed by atoms with Crippen molar-refractivity contribution in [3.05, 3.63) is 23.8 Å². The minimum absolute atomic E-state index is 0.0431. The van der Waals surface area contributed by atoms with Crippen molar-refractivity contribution in [1.82, 2.24) is 4.31 Å². The standard InChI is InChI=1S/C13H19NO6S/c1-9(2)14(6-7-15)21(18,19)12-5-4-10(13(16)17)8-11(12)20-3/h4-5,8-9,15H,6-7H2,1-3H3,(H,16,17). The number of aromatic carboxylic acids is 1. The highest BCUT2D eigenvalue weighted by molar-refractivity contribution is 7.89. The van der Waals surface area contributed by atoms with Crippen LogP contribution in [0.25, 0.3) is 0 Å². The SMILES string of the molecule is COc1cc(C(=O)O)ccc1S(=O)(=O)N(CCO)C(C)C. The summed E-state index contributed by atoms with van der Waals surface area (Å²) >= 11 is 0. The fourth-order valence-corrected chi connectivity index (χ4v) is 3.66. The van der Waals surface area contributed by atoms with Crippen LogP contribution in [-0.2, 0) is 10.0 Å². The third kappa shape index (κ3) is 3.72. The zero-order valence-corrected chi connectivity index (χ0v) is 12.9. The maximum atomic E-state index is 12.6. The van der Waals surface area contributed by atoms with Crippen LogP contribution in [0.2, 0.25) is 0 Å². The summed E-state index contributed by atoms with van der Waals surface area (Å²) in [5.41, 5.74) is -0.0657. The molecule has 1 aromatic carbocycles. The highest BCUT2D eigenvalue weighted by Gasteiger charge is 2.29. The number of carboxylic acids is 1. The molecule has 0 bridgehead atoms. The van der Waals surface area contributed by atoms with Gasteiger partial charge in [0.05, 0.1) is 19.3 Å². The number of carboxylic acid groups (broad SMARTS) is 1. The van der Waals surface area contributed by atoms with Crippen LogP contribution in [0, 0.1) is 0 Å². The van der Waals surface area contributed by atoms with Crippen LogP contribution in [0.4, 0.5) is 0 Å². The molecule has 0 aliphatic carbocycles. The number of hydrogen-bond donors (Lipinski definition) is 2. The Morgan fingerprint density at radius 3 is 2.43 bits per heavy atom. The topological polar surface area (TPSA) is 104 Å². The lowest BCUT2D eigenvalue weighted by atomic mass is 10.2. The van der Waals surface area contributed by atoms with E-state index in [9.17, 15) is 13.2 Å². The van der Waals surface area contributed by atoms with E-state index in [1.165, 1.54) is 19.2 Å². The molecule has 2 N–H and O–H groups in total. The molecule has 8 heteroatoms. The molecule has 1 rings (SSSR count). The predicted octanol–water partition coefficient (Wildman–Crippen LogP) is 0.785. The van der Waals surface area contributed by atoms with Crippen LogP contribution in [0.5, 0.6) is 5.75 Å². The zero-order chi connectivity index (χ0) is 16.2. The van der Waals surface area contributed by atoms with Crippen LogP contribution in [0.3, 0.4) is 0 Å². The number of ether oxygens (including phenoxy) is 1. The van der Waals surface area contributed by atoms with Gasteiger partial charge in [-0.25, -0.2) is 13.2 Å². The molecule has 0 spiro atoms. The number of benzene rings is 1.